The van der Waals surface area contributed by atoms with Gasteiger partial charge in [0, 0.05) is 18.1 Å². The van der Waals surface area contributed by atoms with Crippen LogP contribution in [0, 0.1) is 19.7 Å². The first-order chi connectivity index (χ1) is 18.5. The molecule has 0 radical (unpaired) electrons. The molecule has 3 rings (SSSR count). The number of nitrogens with zero attached hydrogens (tertiary/aromatic N) is 2. The van der Waals surface area contributed by atoms with Crippen molar-refractivity contribution < 1.29 is 22.4 Å². The Hall–Kier alpha value is -3.43. The molecule has 3 aromatic carbocycles. The summed E-state index contributed by atoms with van der Waals surface area (Å²) in [6, 6.07) is 15.8. The lowest BCUT2D eigenvalue weighted by Gasteiger charge is -2.33. The molecule has 0 spiro atoms. The molecule has 0 aliphatic heterocycles. The van der Waals surface area contributed by atoms with E-state index < -0.39 is 34.3 Å². The van der Waals surface area contributed by atoms with E-state index in [1.54, 1.807) is 45.0 Å². The average Bonchev–Trinajstić information content (AvgIpc) is 2.90. The van der Waals surface area contributed by atoms with Crippen LogP contribution in [0.5, 0.6) is 0 Å². The monoisotopic (exact) mass is 573 g/mol. The van der Waals surface area contributed by atoms with E-state index in [0.29, 0.717) is 23.6 Å². The zero-order chi connectivity index (χ0) is 28.7. The normalized spacial score (nSPS) is 12.1. The largest absolute Gasteiger partial charge is 0.355 e. The second-order valence-corrected chi connectivity index (χ2v) is 11.5. The van der Waals surface area contributed by atoms with Crippen LogP contribution < -0.4 is 9.62 Å². The lowest BCUT2D eigenvalue weighted by atomic mass is 10.1. The summed E-state index contributed by atoms with van der Waals surface area (Å²) in [5, 5.41) is 3.09. The van der Waals surface area contributed by atoms with Gasteiger partial charge in [0.15, 0.2) is 0 Å². The Bertz CT molecular complexity index is 1410. The number of aryl methyl sites for hydroxylation is 2. The van der Waals surface area contributed by atoms with E-state index in [0.717, 1.165) is 15.4 Å². The number of hydrogen-bond acceptors (Lipinski definition) is 4. The van der Waals surface area contributed by atoms with Crippen molar-refractivity contribution in [3.8, 4) is 0 Å². The standard InChI is InChI=1S/C29H33ClFN3O4S/c1-5-27(29(36)32-6-2)33(18-22-10-12-23(31)13-11-22)28(35)19-34(24-14-9-21(4)26(30)17-24)39(37,38)25-15-7-20(3)8-16-25/h7-17,27H,5-6,18-19H2,1-4H3,(H,32,36). The van der Waals surface area contributed by atoms with Crippen LogP contribution in [0.4, 0.5) is 10.1 Å². The molecule has 0 heterocycles. The fourth-order valence-electron chi connectivity index (χ4n) is 4.10. The molecule has 10 heteroatoms. The molecule has 1 unspecified atom stereocenters. The first-order valence-corrected chi connectivity index (χ1v) is 14.5. The van der Waals surface area contributed by atoms with Gasteiger partial charge in [0.2, 0.25) is 11.8 Å². The highest BCUT2D eigenvalue weighted by Gasteiger charge is 2.33. The van der Waals surface area contributed by atoms with Gasteiger partial charge in [-0.15, -0.1) is 0 Å². The summed E-state index contributed by atoms with van der Waals surface area (Å²) in [4.78, 5) is 28.2. The van der Waals surface area contributed by atoms with Gasteiger partial charge in [0.25, 0.3) is 10.0 Å². The Kier molecular flexibility index (Phi) is 10.1. The number of sulfonamides is 1. The number of carbonyl (C=O) groups is 2. The highest BCUT2D eigenvalue weighted by Crippen LogP contribution is 2.29. The minimum atomic E-state index is -4.19. The van der Waals surface area contributed by atoms with Gasteiger partial charge in [-0.1, -0.05) is 54.4 Å². The number of benzene rings is 3. The van der Waals surface area contributed by atoms with Crippen molar-refractivity contribution >= 4 is 39.1 Å². The van der Waals surface area contributed by atoms with Gasteiger partial charge in [-0.05, 0) is 74.7 Å². The quantitative estimate of drug-likeness (QED) is 0.340. The summed E-state index contributed by atoms with van der Waals surface area (Å²) in [5.41, 5.74) is 2.44. The minimum Gasteiger partial charge on any atom is -0.355 e. The van der Waals surface area contributed by atoms with Crippen molar-refractivity contribution in [3.63, 3.8) is 0 Å². The molecule has 0 fully saturated rings. The molecule has 0 saturated heterocycles. The Labute approximate surface area is 234 Å². The molecule has 0 aromatic heterocycles. The second-order valence-electron chi connectivity index (χ2n) is 9.22. The van der Waals surface area contributed by atoms with Crippen LogP contribution in [0.3, 0.4) is 0 Å². The molecule has 1 atom stereocenters. The molecule has 0 aliphatic rings. The highest BCUT2D eigenvalue weighted by atomic mass is 35.5. The number of halogens is 2. The number of carbonyl (C=O) groups excluding carboxylic acids is 2. The van der Waals surface area contributed by atoms with Crippen LogP contribution in [-0.4, -0.2) is 44.3 Å². The number of nitrogens with one attached hydrogen (secondary N) is 1. The topological polar surface area (TPSA) is 86.8 Å². The Morgan fingerprint density at radius 2 is 1.62 bits per heavy atom. The molecule has 208 valence electrons. The first-order valence-electron chi connectivity index (χ1n) is 12.6. The summed E-state index contributed by atoms with van der Waals surface area (Å²) in [7, 11) is -4.19. The van der Waals surface area contributed by atoms with Crippen LogP contribution in [-0.2, 0) is 26.2 Å². The van der Waals surface area contributed by atoms with Gasteiger partial charge in [-0.25, -0.2) is 12.8 Å². The average molecular weight is 574 g/mol. The predicted molar refractivity (Wildman–Crippen MR) is 152 cm³/mol. The van der Waals surface area contributed by atoms with Crippen molar-refractivity contribution in [2.45, 2.75) is 51.6 Å². The lowest BCUT2D eigenvalue weighted by molar-refractivity contribution is -0.140. The van der Waals surface area contributed by atoms with Crippen molar-refractivity contribution in [2.75, 3.05) is 17.4 Å². The smallest absolute Gasteiger partial charge is 0.264 e. The predicted octanol–water partition coefficient (Wildman–Crippen LogP) is 5.23. The van der Waals surface area contributed by atoms with Gasteiger partial charge in [0.1, 0.15) is 18.4 Å². The number of likely N-dealkylation sites (N-methyl/N-ethyl adjacent to an activating group) is 1. The van der Waals surface area contributed by atoms with Gasteiger partial charge in [-0.2, -0.15) is 0 Å². The third kappa shape index (κ3) is 7.36. The molecule has 3 aromatic rings. The Balaban J connectivity index is 2.08. The maximum Gasteiger partial charge on any atom is 0.264 e. The molecule has 0 bridgehead atoms. The molecule has 0 aliphatic carbocycles. The van der Waals surface area contributed by atoms with E-state index in [2.05, 4.69) is 5.32 Å². The third-order valence-electron chi connectivity index (χ3n) is 6.33. The van der Waals surface area contributed by atoms with E-state index in [1.165, 1.54) is 47.4 Å². The van der Waals surface area contributed by atoms with Crippen molar-refractivity contribution in [2.24, 2.45) is 0 Å². The van der Waals surface area contributed by atoms with E-state index in [9.17, 15) is 22.4 Å². The fraction of sp³-hybridized carbons (Fsp3) is 0.310. The van der Waals surface area contributed by atoms with Gasteiger partial charge < -0.3 is 10.2 Å². The summed E-state index contributed by atoms with van der Waals surface area (Å²) in [6.45, 7) is 6.95. The summed E-state index contributed by atoms with van der Waals surface area (Å²) in [5.74, 6) is -1.38. The lowest BCUT2D eigenvalue weighted by Crippen LogP contribution is -2.52. The number of anilines is 1. The Morgan fingerprint density at radius 3 is 2.18 bits per heavy atom. The molecule has 39 heavy (non-hydrogen) atoms. The van der Waals surface area contributed by atoms with Crippen LogP contribution in [0.15, 0.2) is 71.6 Å². The molecule has 2 amide bonds. The third-order valence-corrected chi connectivity index (χ3v) is 8.53. The highest BCUT2D eigenvalue weighted by molar-refractivity contribution is 7.92. The summed E-state index contributed by atoms with van der Waals surface area (Å²) < 4.78 is 42.3. The van der Waals surface area contributed by atoms with Crippen molar-refractivity contribution in [1.29, 1.82) is 0 Å². The van der Waals surface area contributed by atoms with Crippen molar-refractivity contribution in [3.05, 3.63) is 94.3 Å². The summed E-state index contributed by atoms with van der Waals surface area (Å²) >= 11 is 6.34. The van der Waals surface area contributed by atoms with Crippen LogP contribution >= 0.6 is 11.6 Å². The second kappa shape index (κ2) is 13.1. The molecule has 1 N–H and O–H groups in total. The number of rotatable bonds is 11. The van der Waals surface area contributed by atoms with E-state index >= 15 is 0 Å². The van der Waals surface area contributed by atoms with Crippen molar-refractivity contribution in [1.82, 2.24) is 10.2 Å². The van der Waals surface area contributed by atoms with Crippen LogP contribution in [0.1, 0.15) is 37.0 Å². The SMILES string of the molecule is CCNC(=O)C(CC)N(Cc1ccc(F)cc1)C(=O)CN(c1ccc(C)c(Cl)c1)S(=O)(=O)c1ccc(C)cc1. The fourth-order valence-corrected chi connectivity index (χ4v) is 5.68. The molecule has 7 nitrogen and oxygen atoms in total. The molecular weight excluding hydrogens is 541 g/mol. The molecule has 0 saturated carbocycles. The zero-order valence-electron chi connectivity index (χ0n) is 22.4. The van der Waals surface area contributed by atoms with Gasteiger partial charge >= 0.3 is 0 Å². The Morgan fingerprint density at radius 1 is 0.974 bits per heavy atom. The van der Waals surface area contributed by atoms with E-state index in [1.807, 2.05) is 6.92 Å². The van der Waals surface area contributed by atoms with Crippen LogP contribution in [0.25, 0.3) is 0 Å². The molecular formula is C29H33ClFN3O4S. The van der Waals surface area contributed by atoms with Crippen LogP contribution in [0.2, 0.25) is 5.02 Å². The summed E-state index contributed by atoms with van der Waals surface area (Å²) in [6.07, 6.45) is 0.292. The van der Waals surface area contributed by atoms with Gasteiger partial charge in [0.05, 0.1) is 10.6 Å². The maximum absolute atomic E-state index is 13.9. The first kappa shape index (κ1) is 30.1. The van der Waals surface area contributed by atoms with Gasteiger partial charge in [-0.3, -0.25) is 13.9 Å². The number of amides is 2. The van der Waals surface area contributed by atoms with E-state index in [4.69, 9.17) is 11.6 Å². The van der Waals surface area contributed by atoms with E-state index in [-0.39, 0.29) is 23.0 Å². The zero-order valence-corrected chi connectivity index (χ0v) is 24.0. The maximum atomic E-state index is 13.9. The number of hydrogen-bond donors (Lipinski definition) is 1. The minimum absolute atomic E-state index is 0.0121.